The van der Waals surface area contributed by atoms with Crippen molar-refractivity contribution in [2.75, 3.05) is 0 Å². The van der Waals surface area contributed by atoms with Gasteiger partial charge in [-0.25, -0.2) is 0 Å². The maximum Gasteiger partial charge on any atom is 0.281 e. The van der Waals surface area contributed by atoms with Crippen LogP contribution in [0, 0.1) is 12.8 Å². The molecule has 0 bridgehead atoms. The van der Waals surface area contributed by atoms with E-state index in [1.165, 1.54) is 6.92 Å². The summed E-state index contributed by atoms with van der Waals surface area (Å²) in [7, 11) is -4.44. The summed E-state index contributed by atoms with van der Waals surface area (Å²) in [5.74, 6) is -1.22. The molecule has 1 heterocycles. The number of nitrogens with zero attached hydrogens (tertiary/aromatic N) is 3. The van der Waals surface area contributed by atoms with Crippen molar-refractivity contribution >= 4 is 21.5 Å². The third kappa shape index (κ3) is 5.78. The third-order valence-electron chi connectivity index (χ3n) is 5.42. The molecule has 1 unspecified atom stereocenters. The Morgan fingerprint density at radius 3 is 2.13 bits per heavy atom. The molecule has 9 nitrogen and oxygen atoms in total. The summed E-state index contributed by atoms with van der Waals surface area (Å²) in [4.78, 5) is 12.7. The van der Waals surface area contributed by atoms with Gasteiger partial charge in [-0.05, 0) is 43.0 Å². The van der Waals surface area contributed by atoms with Gasteiger partial charge in [-0.1, -0.05) is 38.8 Å². The first-order chi connectivity index (χ1) is 14.5. The maximum atomic E-state index is 12.7. The van der Waals surface area contributed by atoms with Gasteiger partial charge in [0, 0.05) is 12.1 Å². The van der Waals surface area contributed by atoms with Gasteiger partial charge in [-0.2, -0.15) is 13.5 Å². The summed E-state index contributed by atoms with van der Waals surface area (Å²) in [6.07, 6.45) is 1.13. The van der Waals surface area contributed by atoms with E-state index in [0.717, 1.165) is 23.0 Å². The van der Waals surface area contributed by atoms with Crippen LogP contribution in [0.25, 0.3) is 0 Å². The fourth-order valence-electron chi connectivity index (χ4n) is 3.48. The Kier molecular flexibility index (Phi) is 8.10. The molecule has 0 fully saturated rings. The molecule has 1 aromatic carbocycles. The lowest BCUT2D eigenvalue weighted by molar-refractivity contribution is 0.103. The Balaban J connectivity index is 2.44. The molecule has 0 radical (unpaired) electrons. The summed E-state index contributed by atoms with van der Waals surface area (Å²) < 4.78 is 32.8. The average molecular weight is 452 g/mol. The van der Waals surface area contributed by atoms with Crippen molar-refractivity contribution in [3.8, 4) is 5.88 Å². The van der Waals surface area contributed by atoms with Crippen molar-refractivity contribution in [1.82, 2.24) is 4.57 Å². The van der Waals surface area contributed by atoms with E-state index < -0.39 is 33.4 Å². The van der Waals surface area contributed by atoms with Gasteiger partial charge < -0.3 is 10.2 Å². The van der Waals surface area contributed by atoms with E-state index in [2.05, 4.69) is 10.2 Å². The number of rotatable bonds is 9. The van der Waals surface area contributed by atoms with Gasteiger partial charge >= 0.3 is 0 Å². The van der Waals surface area contributed by atoms with E-state index >= 15 is 0 Å². The van der Waals surface area contributed by atoms with E-state index in [1.807, 2.05) is 13.8 Å². The van der Waals surface area contributed by atoms with E-state index in [0.29, 0.717) is 5.69 Å². The fraction of sp³-hybridized carbons (Fsp3) is 0.476. The Morgan fingerprint density at radius 2 is 1.65 bits per heavy atom. The zero-order chi connectivity index (χ0) is 23.3. The maximum absolute atomic E-state index is 12.7. The molecule has 1 aromatic heterocycles. The monoisotopic (exact) mass is 451 g/mol. The lowest BCUT2D eigenvalue weighted by Crippen LogP contribution is -2.22. The molecule has 10 heteroatoms. The second-order valence-corrected chi connectivity index (χ2v) is 8.82. The van der Waals surface area contributed by atoms with Crippen molar-refractivity contribution in [2.45, 2.75) is 58.9 Å². The molecule has 2 rings (SSSR count). The highest BCUT2D eigenvalue weighted by atomic mass is 32.2. The van der Waals surface area contributed by atoms with Crippen molar-refractivity contribution < 1.29 is 23.2 Å². The summed E-state index contributed by atoms with van der Waals surface area (Å²) in [6.45, 7) is 7.18. The Morgan fingerprint density at radius 1 is 1.06 bits per heavy atom. The van der Waals surface area contributed by atoms with Gasteiger partial charge in [0.15, 0.2) is 11.6 Å². The number of pyridine rings is 1. The first kappa shape index (κ1) is 24.7. The lowest BCUT2D eigenvalue weighted by Gasteiger charge is -2.20. The Hall–Kier alpha value is -2.56. The second-order valence-electron chi connectivity index (χ2n) is 7.36. The van der Waals surface area contributed by atoms with Crippen LogP contribution in [-0.2, 0) is 22.4 Å². The van der Waals surface area contributed by atoms with E-state index in [9.17, 15) is 28.0 Å². The van der Waals surface area contributed by atoms with Crippen molar-refractivity contribution in [2.24, 2.45) is 16.1 Å². The third-order valence-corrected chi connectivity index (χ3v) is 6.07. The van der Waals surface area contributed by atoms with Crippen molar-refractivity contribution in [3.05, 3.63) is 51.3 Å². The second kappa shape index (κ2) is 10.2. The van der Waals surface area contributed by atoms with Crippen LogP contribution in [0.2, 0.25) is 0 Å². The molecule has 0 saturated carbocycles. The minimum Gasteiger partial charge on any atom is -0.494 e. The number of aromatic hydroxyl groups is 1. The zero-order valence-electron chi connectivity index (χ0n) is 18.1. The van der Waals surface area contributed by atoms with Gasteiger partial charge in [0.1, 0.15) is 5.75 Å². The standard InChI is InChI=1S/C21H29N3O6S/c1-5-14(6-2)19(25)15-8-10-16(11-9-15)22-23-18-13(4)17(12-31(28,29)30)20(26)24(7-3)21(18)27/h8-11,14,19,25-26H,5-7,12H2,1-4H3,(H,28,29,30)/b23-22+. The molecule has 0 aliphatic carbocycles. The van der Waals surface area contributed by atoms with Crippen LogP contribution < -0.4 is 5.56 Å². The molecular formula is C21H29N3O6S. The number of hydrogen-bond acceptors (Lipinski definition) is 7. The predicted octanol–water partition coefficient (Wildman–Crippen LogP) is 4.16. The fourth-order valence-corrected chi connectivity index (χ4v) is 4.19. The van der Waals surface area contributed by atoms with Crippen LogP contribution in [0.15, 0.2) is 39.3 Å². The molecule has 31 heavy (non-hydrogen) atoms. The minimum absolute atomic E-state index is 0.0779. The molecule has 0 aliphatic rings. The first-order valence-corrected chi connectivity index (χ1v) is 11.7. The number of azo groups is 1. The molecule has 3 N–H and O–H groups in total. The Bertz CT molecular complexity index is 1100. The van der Waals surface area contributed by atoms with Crippen LogP contribution in [0.4, 0.5) is 11.4 Å². The SMILES string of the molecule is CCC(CC)C(O)c1ccc(/N=N/c2c(C)c(CS(=O)(=O)O)c(O)n(CC)c2=O)cc1. The molecule has 0 aliphatic heterocycles. The number of aromatic nitrogens is 1. The summed E-state index contributed by atoms with van der Waals surface area (Å²) in [5, 5.41) is 28.8. The summed E-state index contributed by atoms with van der Waals surface area (Å²) in [5.41, 5.74) is 0.459. The average Bonchev–Trinajstić information content (AvgIpc) is 2.72. The van der Waals surface area contributed by atoms with Crippen LogP contribution in [0.1, 0.15) is 56.4 Å². The van der Waals surface area contributed by atoms with Gasteiger partial charge in [-0.15, -0.1) is 5.11 Å². The largest absolute Gasteiger partial charge is 0.494 e. The topological polar surface area (TPSA) is 142 Å². The zero-order valence-corrected chi connectivity index (χ0v) is 18.9. The van der Waals surface area contributed by atoms with Gasteiger partial charge in [-0.3, -0.25) is 13.9 Å². The van der Waals surface area contributed by atoms with Gasteiger partial charge in [0.05, 0.1) is 11.8 Å². The minimum atomic E-state index is -4.44. The van der Waals surface area contributed by atoms with E-state index in [4.69, 9.17) is 0 Å². The molecule has 0 amide bonds. The number of aliphatic hydroxyl groups is 1. The molecular weight excluding hydrogens is 422 g/mol. The molecule has 2 aromatic rings. The highest BCUT2D eigenvalue weighted by Gasteiger charge is 2.22. The lowest BCUT2D eigenvalue weighted by atomic mass is 9.91. The predicted molar refractivity (Wildman–Crippen MR) is 118 cm³/mol. The van der Waals surface area contributed by atoms with E-state index in [-0.39, 0.29) is 29.3 Å². The quantitative estimate of drug-likeness (QED) is 0.386. The van der Waals surface area contributed by atoms with Crippen LogP contribution in [0.5, 0.6) is 5.88 Å². The normalized spacial score (nSPS) is 13.3. The highest BCUT2D eigenvalue weighted by molar-refractivity contribution is 7.85. The molecule has 1 atom stereocenters. The van der Waals surface area contributed by atoms with Crippen LogP contribution in [-0.4, -0.2) is 27.8 Å². The van der Waals surface area contributed by atoms with Crippen molar-refractivity contribution in [1.29, 1.82) is 0 Å². The highest BCUT2D eigenvalue weighted by Crippen LogP contribution is 2.31. The van der Waals surface area contributed by atoms with Gasteiger partial charge in [0.2, 0.25) is 0 Å². The smallest absolute Gasteiger partial charge is 0.281 e. The number of aliphatic hydroxyl groups excluding tert-OH is 1. The summed E-state index contributed by atoms with van der Waals surface area (Å²) in [6, 6.07) is 6.82. The first-order valence-electron chi connectivity index (χ1n) is 10.1. The van der Waals surface area contributed by atoms with Crippen LogP contribution >= 0.6 is 0 Å². The molecule has 0 saturated heterocycles. The molecule has 170 valence electrons. The van der Waals surface area contributed by atoms with Crippen molar-refractivity contribution in [3.63, 3.8) is 0 Å². The van der Waals surface area contributed by atoms with E-state index in [1.54, 1.807) is 31.2 Å². The number of benzene rings is 1. The number of hydrogen-bond donors (Lipinski definition) is 3. The van der Waals surface area contributed by atoms with Gasteiger partial charge in [0.25, 0.3) is 15.7 Å². The molecule has 0 spiro atoms. The Labute approximate surface area is 181 Å². The summed E-state index contributed by atoms with van der Waals surface area (Å²) >= 11 is 0. The van der Waals surface area contributed by atoms with Crippen LogP contribution in [0.3, 0.4) is 0 Å².